The second-order valence-corrected chi connectivity index (χ2v) is 8.01. The minimum absolute atomic E-state index is 0.138. The maximum absolute atomic E-state index is 12.9. The summed E-state index contributed by atoms with van der Waals surface area (Å²) in [6.45, 7) is 7.36. The van der Waals surface area contributed by atoms with Crippen molar-refractivity contribution in [3.05, 3.63) is 80.9 Å². The average Bonchev–Trinajstić information content (AvgIpc) is 3.03. The molecule has 1 atom stereocenters. The van der Waals surface area contributed by atoms with E-state index in [1.54, 1.807) is 13.0 Å². The number of phenolic OH excluding ortho intramolecular Hbond substituents is 2. The number of carbonyl (C=O) groups excluding carboxylic acids is 1. The lowest BCUT2D eigenvalue weighted by molar-refractivity contribution is 0.0222. The van der Waals surface area contributed by atoms with Crippen LogP contribution in [0.15, 0.2) is 36.4 Å². The predicted octanol–water partition coefficient (Wildman–Crippen LogP) is 5.15. The van der Waals surface area contributed by atoms with Gasteiger partial charge in [0.2, 0.25) is 0 Å². The normalized spacial score (nSPS) is 18.5. The molecule has 30 heavy (non-hydrogen) atoms. The van der Waals surface area contributed by atoms with E-state index in [1.807, 2.05) is 51.1 Å². The molecule has 0 saturated heterocycles. The first-order chi connectivity index (χ1) is 14.3. The van der Waals surface area contributed by atoms with Crippen molar-refractivity contribution in [2.45, 2.75) is 39.7 Å². The molecule has 1 unspecified atom stereocenters. The Bertz CT molecular complexity index is 1260. The molecule has 5 nitrogen and oxygen atoms in total. The van der Waals surface area contributed by atoms with Crippen molar-refractivity contribution >= 4 is 5.97 Å². The lowest BCUT2D eigenvalue weighted by Crippen LogP contribution is -2.34. The molecule has 0 radical (unpaired) electrons. The first-order valence-corrected chi connectivity index (χ1v) is 10.0. The van der Waals surface area contributed by atoms with Crippen molar-refractivity contribution in [3.8, 4) is 23.0 Å². The van der Waals surface area contributed by atoms with Crippen LogP contribution in [-0.4, -0.2) is 16.2 Å². The maximum atomic E-state index is 12.9. The van der Waals surface area contributed by atoms with Crippen molar-refractivity contribution in [2.24, 2.45) is 0 Å². The van der Waals surface area contributed by atoms with Crippen molar-refractivity contribution in [1.29, 1.82) is 0 Å². The van der Waals surface area contributed by atoms with E-state index in [4.69, 9.17) is 9.47 Å². The van der Waals surface area contributed by atoms with Crippen LogP contribution in [0.25, 0.3) is 0 Å². The van der Waals surface area contributed by atoms with E-state index in [1.165, 1.54) is 0 Å². The van der Waals surface area contributed by atoms with Gasteiger partial charge in [0.15, 0.2) is 5.60 Å². The molecular weight excluding hydrogens is 380 g/mol. The van der Waals surface area contributed by atoms with Gasteiger partial charge in [0.1, 0.15) is 23.0 Å². The Morgan fingerprint density at radius 3 is 2.23 bits per heavy atom. The highest BCUT2D eigenvalue weighted by Gasteiger charge is 2.54. The van der Waals surface area contributed by atoms with Gasteiger partial charge in [-0.05, 0) is 56.5 Å². The fraction of sp³-hybridized carbons (Fsp3) is 0.240. The van der Waals surface area contributed by atoms with Crippen molar-refractivity contribution in [3.63, 3.8) is 0 Å². The van der Waals surface area contributed by atoms with Gasteiger partial charge in [0.25, 0.3) is 0 Å². The molecule has 0 fully saturated rings. The van der Waals surface area contributed by atoms with E-state index in [2.05, 4.69) is 0 Å². The number of aryl methyl sites for hydroxylation is 2. The Kier molecular flexibility index (Phi) is 3.72. The number of phenols is 2. The van der Waals surface area contributed by atoms with E-state index in [0.29, 0.717) is 56.9 Å². The van der Waals surface area contributed by atoms with Gasteiger partial charge in [-0.2, -0.15) is 0 Å². The smallest absolute Gasteiger partial charge is 0.340 e. The standard InChI is InChI=1S/C25H22O5/c1-5-15-21(27)13(3)11-19-23(15)29-22-14(4)20(26)12(2)10-18(22)25(19)17-9-7-6-8-16(17)24(28)30-25/h6-11,26-27H,5H2,1-4H3. The van der Waals surface area contributed by atoms with Crippen molar-refractivity contribution < 1.29 is 24.5 Å². The molecule has 152 valence electrons. The Morgan fingerprint density at radius 2 is 1.53 bits per heavy atom. The van der Waals surface area contributed by atoms with Gasteiger partial charge in [0.05, 0.1) is 5.56 Å². The summed E-state index contributed by atoms with van der Waals surface area (Å²) in [5.74, 6) is 0.828. The molecule has 0 saturated carbocycles. The van der Waals surface area contributed by atoms with Crippen LogP contribution in [0.4, 0.5) is 0 Å². The number of aromatic hydroxyl groups is 2. The van der Waals surface area contributed by atoms with Gasteiger partial charge < -0.3 is 19.7 Å². The molecule has 5 rings (SSSR count). The van der Waals surface area contributed by atoms with Crippen LogP contribution in [0, 0.1) is 20.8 Å². The summed E-state index contributed by atoms with van der Waals surface area (Å²) >= 11 is 0. The lowest BCUT2D eigenvalue weighted by atomic mass is 9.75. The number of benzene rings is 3. The molecule has 0 aromatic heterocycles. The molecule has 0 amide bonds. The number of rotatable bonds is 1. The van der Waals surface area contributed by atoms with Crippen molar-refractivity contribution in [2.75, 3.05) is 0 Å². The number of hydrogen-bond donors (Lipinski definition) is 2. The third-order valence-electron chi connectivity index (χ3n) is 6.30. The molecule has 2 N–H and O–H groups in total. The SMILES string of the molecule is CCc1c(O)c(C)cc2c1Oc1c(cc(C)c(O)c1C)C21OC(=O)c2ccccc21. The van der Waals surface area contributed by atoms with Gasteiger partial charge in [-0.15, -0.1) is 0 Å². The fourth-order valence-corrected chi connectivity index (χ4v) is 4.78. The number of ether oxygens (including phenoxy) is 2. The maximum Gasteiger partial charge on any atom is 0.340 e. The Morgan fingerprint density at radius 1 is 0.900 bits per heavy atom. The molecule has 0 aliphatic carbocycles. The van der Waals surface area contributed by atoms with Gasteiger partial charge in [0, 0.05) is 27.8 Å². The second kappa shape index (κ2) is 6.02. The van der Waals surface area contributed by atoms with Gasteiger partial charge >= 0.3 is 5.97 Å². The molecule has 1 spiro atoms. The van der Waals surface area contributed by atoms with E-state index in [9.17, 15) is 15.0 Å². The zero-order chi connectivity index (χ0) is 21.4. The summed E-state index contributed by atoms with van der Waals surface area (Å²) in [4.78, 5) is 12.9. The number of hydrogen-bond acceptors (Lipinski definition) is 5. The minimum Gasteiger partial charge on any atom is -0.507 e. The van der Waals surface area contributed by atoms with Crippen LogP contribution in [0.5, 0.6) is 23.0 Å². The van der Waals surface area contributed by atoms with E-state index < -0.39 is 11.6 Å². The molecule has 2 aliphatic heterocycles. The highest BCUT2D eigenvalue weighted by atomic mass is 16.6. The molecule has 2 heterocycles. The van der Waals surface area contributed by atoms with E-state index >= 15 is 0 Å². The second-order valence-electron chi connectivity index (χ2n) is 8.01. The molecule has 2 aliphatic rings. The summed E-state index contributed by atoms with van der Waals surface area (Å²) < 4.78 is 12.5. The van der Waals surface area contributed by atoms with Crippen LogP contribution in [0.1, 0.15) is 56.2 Å². The first kappa shape index (κ1) is 18.6. The Hall–Kier alpha value is -3.47. The zero-order valence-corrected chi connectivity index (χ0v) is 17.3. The molecule has 3 aromatic carbocycles. The lowest BCUT2D eigenvalue weighted by Gasteiger charge is -2.38. The molecular formula is C25H22O5. The van der Waals surface area contributed by atoms with Crippen LogP contribution < -0.4 is 4.74 Å². The van der Waals surface area contributed by atoms with E-state index in [-0.39, 0.29) is 11.5 Å². The number of esters is 1. The number of fused-ring (bicyclic) bond motifs is 6. The zero-order valence-electron chi connectivity index (χ0n) is 17.3. The third kappa shape index (κ3) is 2.09. The molecule has 0 bridgehead atoms. The summed E-state index contributed by atoms with van der Waals surface area (Å²) in [7, 11) is 0. The topological polar surface area (TPSA) is 76.0 Å². The summed E-state index contributed by atoms with van der Waals surface area (Å²) in [6.07, 6.45) is 0.535. The monoisotopic (exact) mass is 402 g/mol. The summed E-state index contributed by atoms with van der Waals surface area (Å²) in [6, 6.07) is 11.0. The highest BCUT2D eigenvalue weighted by Crippen LogP contribution is 2.59. The quantitative estimate of drug-likeness (QED) is 0.550. The molecule has 3 aromatic rings. The van der Waals surface area contributed by atoms with Crippen LogP contribution in [0.2, 0.25) is 0 Å². The fourth-order valence-electron chi connectivity index (χ4n) is 4.78. The van der Waals surface area contributed by atoms with Gasteiger partial charge in [-0.3, -0.25) is 0 Å². The minimum atomic E-state index is -1.21. The Labute approximate surface area is 174 Å². The van der Waals surface area contributed by atoms with E-state index in [0.717, 1.165) is 5.56 Å². The average molecular weight is 402 g/mol. The number of carbonyl (C=O) groups is 1. The third-order valence-corrected chi connectivity index (χ3v) is 6.30. The van der Waals surface area contributed by atoms with Crippen LogP contribution in [0.3, 0.4) is 0 Å². The summed E-state index contributed by atoms with van der Waals surface area (Å²) in [5.41, 5.74) is 3.96. The Balaban J connectivity index is 1.99. The van der Waals surface area contributed by atoms with Crippen LogP contribution in [-0.2, 0) is 16.8 Å². The summed E-state index contributed by atoms with van der Waals surface area (Å²) in [5, 5.41) is 21.3. The molecule has 5 heteroatoms. The highest BCUT2D eigenvalue weighted by molar-refractivity contribution is 5.97. The largest absolute Gasteiger partial charge is 0.507 e. The van der Waals surface area contributed by atoms with Crippen molar-refractivity contribution in [1.82, 2.24) is 0 Å². The first-order valence-electron chi connectivity index (χ1n) is 10.0. The predicted molar refractivity (Wildman–Crippen MR) is 112 cm³/mol. The van der Waals surface area contributed by atoms with Crippen LogP contribution >= 0.6 is 0 Å². The van der Waals surface area contributed by atoms with Gasteiger partial charge in [-0.25, -0.2) is 4.79 Å². The van der Waals surface area contributed by atoms with Gasteiger partial charge in [-0.1, -0.05) is 25.1 Å².